The summed E-state index contributed by atoms with van der Waals surface area (Å²) in [7, 11) is 1.84. The second-order valence-electron chi connectivity index (χ2n) is 12.5. The molecule has 1 amide bonds. The summed E-state index contributed by atoms with van der Waals surface area (Å²) in [5.41, 5.74) is 3.93. The van der Waals surface area contributed by atoms with Crippen molar-refractivity contribution in [2.24, 2.45) is 0 Å². The van der Waals surface area contributed by atoms with Gasteiger partial charge in [-0.3, -0.25) is 9.69 Å². The summed E-state index contributed by atoms with van der Waals surface area (Å²) >= 11 is 0. The van der Waals surface area contributed by atoms with E-state index in [9.17, 15) is 15.0 Å². The van der Waals surface area contributed by atoms with Crippen molar-refractivity contribution in [2.45, 2.75) is 68.2 Å². The van der Waals surface area contributed by atoms with Crippen molar-refractivity contribution in [3.63, 3.8) is 0 Å². The number of aryl methyl sites for hydroxylation is 1. The Balaban J connectivity index is 1.21. The van der Waals surface area contributed by atoms with Crippen molar-refractivity contribution in [3.8, 4) is 11.5 Å². The lowest BCUT2D eigenvalue weighted by Gasteiger charge is -2.64. The lowest BCUT2D eigenvalue weighted by atomic mass is 9.48. The number of amides is 1. The second-order valence-corrected chi connectivity index (χ2v) is 12.5. The molecule has 2 heterocycles. The number of benzene rings is 3. The van der Waals surface area contributed by atoms with Gasteiger partial charge in [-0.2, -0.15) is 0 Å². The van der Waals surface area contributed by atoms with Gasteiger partial charge in [-0.05, 0) is 68.0 Å². The number of likely N-dealkylation sites (tertiary alicyclic amines) is 1. The van der Waals surface area contributed by atoms with Crippen molar-refractivity contribution >= 4 is 12.0 Å². The average Bonchev–Trinajstić information content (AvgIpc) is 3.31. The normalized spacial score (nSPS) is 29.7. The van der Waals surface area contributed by atoms with Crippen molar-refractivity contribution in [1.29, 1.82) is 0 Å². The third kappa shape index (κ3) is 4.03. The van der Waals surface area contributed by atoms with Gasteiger partial charge < -0.3 is 19.8 Å². The highest BCUT2D eigenvalue weighted by Gasteiger charge is 2.72. The molecule has 1 saturated carbocycles. The number of likely N-dealkylation sites (N-methyl/N-ethyl adjacent to an activating group) is 1. The van der Waals surface area contributed by atoms with Gasteiger partial charge in [0.05, 0.1) is 11.0 Å². The lowest BCUT2D eigenvalue weighted by Crippen LogP contribution is -2.77. The van der Waals surface area contributed by atoms with Crippen LogP contribution in [0.1, 0.15) is 47.1 Å². The molecule has 212 valence electrons. The third-order valence-corrected chi connectivity index (χ3v) is 10.4. The molecule has 4 aliphatic rings. The molecule has 2 aliphatic heterocycles. The van der Waals surface area contributed by atoms with E-state index in [1.165, 1.54) is 11.1 Å². The molecule has 2 fully saturated rings. The number of phenols is 1. The number of aromatic hydroxyl groups is 1. The fourth-order valence-electron chi connectivity index (χ4n) is 8.35. The smallest absolute Gasteiger partial charge is 0.246 e. The summed E-state index contributed by atoms with van der Waals surface area (Å²) in [5.74, 6) is 0.593. The first-order valence-corrected chi connectivity index (χ1v) is 14.8. The molecule has 3 aromatic rings. The van der Waals surface area contributed by atoms with Gasteiger partial charge in [0.25, 0.3) is 0 Å². The fraction of sp³-hybridized carbons (Fsp3) is 0.400. The summed E-state index contributed by atoms with van der Waals surface area (Å²) in [6.45, 7) is 3.77. The first-order valence-electron chi connectivity index (χ1n) is 14.8. The number of carbonyl (C=O) groups is 1. The van der Waals surface area contributed by atoms with E-state index in [2.05, 4.69) is 35.2 Å². The summed E-state index contributed by atoms with van der Waals surface area (Å²) in [6.07, 6.45) is 6.66. The van der Waals surface area contributed by atoms with Crippen LogP contribution in [-0.4, -0.2) is 69.8 Å². The molecular weight excluding hydrogens is 512 g/mol. The Morgan fingerprint density at radius 1 is 1.15 bits per heavy atom. The van der Waals surface area contributed by atoms with Gasteiger partial charge in [0.1, 0.15) is 6.10 Å². The van der Waals surface area contributed by atoms with Crippen LogP contribution in [0.4, 0.5) is 0 Å². The molecule has 2 bridgehead atoms. The Labute approximate surface area is 241 Å². The molecule has 0 aromatic heterocycles. The highest BCUT2D eigenvalue weighted by atomic mass is 16.5. The maximum atomic E-state index is 13.4. The largest absolute Gasteiger partial charge is 0.504 e. The van der Waals surface area contributed by atoms with E-state index in [0.29, 0.717) is 25.0 Å². The Hall–Kier alpha value is -3.61. The van der Waals surface area contributed by atoms with Crippen LogP contribution in [0.5, 0.6) is 11.5 Å². The second kappa shape index (κ2) is 9.74. The molecule has 6 heteroatoms. The SMILES string of the molecule is Cc1cccc(C=CC(=O)N(C)[C@@H]2C[C@@H]3Oc4c(O)ccc5c4[C@@]34CCN(CCc3ccccc3)[C@H](C5)[C@]4(O)C2)c1. The number of nitrogens with zero attached hydrogens (tertiary/aromatic N) is 2. The zero-order chi connectivity index (χ0) is 28.4. The van der Waals surface area contributed by atoms with Crippen LogP contribution >= 0.6 is 0 Å². The number of phenolic OH excluding ortho intramolecular Hbond substituents is 1. The minimum atomic E-state index is -1.09. The highest BCUT2D eigenvalue weighted by molar-refractivity contribution is 5.91. The van der Waals surface area contributed by atoms with Crippen LogP contribution in [0.3, 0.4) is 0 Å². The monoisotopic (exact) mass is 550 g/mol. The Morgan fingerprint density at radius 3 is 2.78 bits per heavy atom. The molecule has 3 aromatic carbocycles. The van der Waals surface area contributed by atoms with E-state index in [-0.39, 0.29) is 29.8 Å². The highest BCUT2D eigenvalue weighted by Crippen LogP contribution is 2.65. The van der Waals surface area contributed by atoms with Crippen LogP contribution in [0.25, 0.3) is 6.08 Å². The number of aliphatic hydroxyl groups is 1. The van der Waals surface area contributed by atoms with E-state index in [1.54, 1.807) is 17.0 Å². The maximum Gasteiger partial charge on any atom is 0.246 e. The molecule has 6 nitrogen and oxygen atoms in total. The third-order valence-electron chi connectivity index (χ3n) is 10.4. The molecule has 0 radical (unpaired) electrons. The molecule has 41 heavy (non-hydrogen) atoms. The van der Waals surface area contributed by atoms with E-state index >= 15 is 0 Å². The van der Waals surface area contributed by atoms with Gasteiger partial charge in [0, 0.05) is 43.7 Å². The fourth-order valence-corrected chi connectivity index (χ4v) is 8.35. The van der Waals surface area contributed by atoms with Crippen LogP contribution in [0, 0.1) is 6.92 Å². The van der Waals surface area contributed by atoms with Crippen molar-refractivity contribution in [3.05, 3.63) is 101 Å². The summed E-state index contributed by atoms with van der Waals surface area (Å²) in [6, 6.07) is 22.1. The summed E-state index contributed by atoms with van der Waals surface area (Å²) in [5, 5.41) is 23.8. The van der Waals surface area contributed by atoms with Crippen molar-refractivity contribution < 1.29 is 19.7 Å². The van der Waals surface area contributed by atoms with Crippen LogP contribution in [0.2, 0.25) is 0 Å². The van der Waals surface area contributed by atoms with Crippen molar-refractivity contribution in [2.75, 3.05) is 20.1 Å². The van der Waals surface area contributed by atoms with Crippen LogP contribution < -0.4 is 4.74 Å². The Morgan fingerprint density at radius 2 is 1.98 bits per heavy atom. The predicted molar refractivity (Wildman–Crippen MR) is 159 cm³/mol. The van der Waals surface area contributed by atoms with E-state index < -0.39 is 11.0 Å². The molecular formula is C35H38N2O4. The number of hydrogen-bond acceptors (Lipinski definition) is 5. The molecule has 1 saturated heterocycles. The van der Waals surface area contributed by atoms with Gasteiger partial charge in [-0.1, -0.05) is 66.2 Å². The van der Waals surface area contributed by atoms with Gasteiger partial charge in [0.15, 0.2) is 11.5 Å². The van der Waals surface area contributed by atoms with Gasteiger partial charge >= 0.3 is 0 Å². The minimum Gasteiger partial charge on any atom is -0.504 e. The van der Waals surface area contributed by atoms with E-state index in [4.69, 9.17) is 4.74 Å². The van der Waals surface area contributed by atoms with E-state index in [1.807, 2.05) is 50.4 Å². The van der Waals surface area contributed by atoms with Gasteiger partial charge in [0.2, 0.25) is 5.91 Å². The standard InChI is InChI=1S/C35H38N2O4/c1-23-7-6-10-25(19-23)11-14-31(39)36(2)27-21-30-34-16-18-37(17-15-24-8-4-3-5-9-24)29(35(34,40)22-27)20-26-12-13-28(38)33(41-30)32(26)34/h3-14,19,27,29-30,38,40H,15-18,20-22H2,1-2H3/t27-,29-,30+,34-,35-/m1/s1. The quantitative estimate of drug-likeness (QED) is 0.438. The molecule has 2 aliphatic carbocycles. The van der Waals surface area contributed by atoms with Crippen molar-refractivity contribution in [1.82, 2.24) is 9.80 Å². The maximum absolute atomic E-state index is 13.4. The number of piperidine rings is 1. The zero-order valence-corrected chi connectivity index (χ0v) is 23.8. The van der Waals surface area contributed by atoms with Crippen LogP contribution in [0.15, 0.2) is 72.8 Å². The molecule has 2 N–H and O–H groups in total. The zero-order valence-electron chi connectivity index (χ0n) is 23.8. The molecule has 0 unspecified atom stereocenters. The van der Waals surface area contributed by atoms with E-state index in [0.717, 1.165) is 42.6 Å². The first-order chi connectivity index (χ1) is 19.8. The first kappa shape index (κ1) is 26.3. The number of rotatable bonds is 6. The Bertz CT molecular complexity index is 1520. The topological polar surface area (TPSA) is 73.2 Å². The average molecular weight is 551 g/mol. The van der Waals surface area contributed by atoms with Gasteiger partial charge in [-0.15, -0.1) is 0 Å². The number of carbonyl (C=O) groups excluding carboxylic acids is 1. The Kier molecular flexibility index (Phi) is 6.25. The number of ether oxygens (including phenoxy) is 1. The lowest BCUT2D eigenvalue weighted by molar-refractivity contribution is -0.197. The minimum absolute atomic E-state index is 0.0861. The summed E-state index contributed by atoms with van der Waals surface area (Å²) in [4.78, 5) is 17.7. The molecule has 1 spiro atoms. The predicted octanol–water partition coefficient (Wildman–Crippen LogP) is 4.64. The molecule has 5 atom stereocenters. The summed E-state index contributed by atoms with van der Waals surface area (Å²) < 4.78 is 6.56. The van der Waals surface area contributed by atoms with Crippen LogP contribution in [-0.2, 0) is 23.1 Å². The molecule has 7 rings (SSSR count). The number of hydrogen-bond donors (Lipinski definition) is 2. The van der Waals surface area contributed by atoms with Gasteiger partial charge in [-0.25, -0.2) is 0 Å².